The highest BCUT2D eigenvalue weighted by Gasteiger charge is 2.27. The van der Waals surface area contributed by atoms with Crippen LogP contribution in [0.5, 0.6) is 5.75 Å². The number of hydrogen-bond acceptors (Lipinski definition) is 4. The summed E-state index contributed by atoms with van der Waals surface area (Å²) < 4.78 is 5.48. The normalized spacial score (nSPS) is 16.7. The van der Waals surface area contributed by atoms with Gasteiger partial charge in [-0.1, -0.05) is 18.2 Å². The number of carboxylic acids is 1. The van der Waals surface area contributed by atoms with E-state index in [2.05, 4.69) is 17.4 Å². The van der Waals surface area contributed by atoms with Crippen LogP contribution in [-0.4, -0.2) is 25.2 Å². The molecule has 27 heavy (non-hydrogen) atoms. The maximum Gasteiger partial charge on any atom is 0.304 e. The summed E-state index contributed by atoms with van der Waals surface area (Å²) >= 11 is 6.45. The van der Waals surface area contributed by atoms with E-state index in [1.165, 1.54) is 5.56 Å². The van der Waals surface area contributed by atoms with Gasteiger partial charge in [-0.2, -0.15) is 0 Å². The minimum Gasteiger partial charge on any atom is -0.494 e. The van der Waals surface area contributed by atoms with Crippen molar-refractivity contribution in [3.63, 3.8) is 0 Å². The third-order valence-corrected chi connectivity index (χ3v) is 5.89. The summed E-state index contributed by atoms with van der Waals surface area (Å²) in [5.41, 5.74) is 12.6. The van der Waals surface area contributed by atoms with Crippen LogP contribution in [0.1, 0.15) is 52.0 Å². The van der Waals surface area contributed by atoms with Gasteiger partial charge in [0, 0.05) is 13.0 Å². The number of carbonyl (C=O) groups is 1. The Morgan fingerprint density at radius 1 is 1.44 bits per heavy atom. The van der Waals surface area contributed by atoms with E-state index >= 15 is 0 Å². The zero-order valence-corrected chi connectivity index (χ0v) is 16.6. The van der Waals surface area contributed by atoms with Crippen molar-refractivity contribution >= 4 is 28.9 Å². The van der Waals surface area contributed by atoms with Crippen LogP contribution >= 0.6 is 11.6 Å². The van der Waals surface area contributed by atoms with E-state index in [1.54, 1.807) is 14.2 Å². The molecule has 2 aromatic rings. The van der Waals surface area contributed by atoms with E-state index in [9.17, 15) is 9.90 Å². The number of ether oxygens (including phenoxy) is 1. The Labute approximate surface area is 164 Å². The van der Waals surface area contributed by atoms with E-state index in [0.29, 0.717) is 17.1 Å². The van der Waals surface area contributed by atoms with Gasteiger partial charge in [-0.05, 0) is 53.6 Å². The molecule has 0 aliphatic heterocycles. The number of nitrogens with one attached hydrogen (secondary N) is 1. The van der Waals surface area contributed by atoms with Crippen LogP contribution in [0.2, 0.25) is 0 Å². The number of hydrogen-bond donors (Lipinski definition) is 3. The highest BCUT2D eigenvalue weighted by molar-refractivity contribution is 6.21. The van der Waals surface area contributed by atoms with Crippen molar-refractivity contribution in [1.29, 1.82) is 0 Å². The summed E-state index contributed by atoms with van der Waals surface area (Å²) in [6.45, 7) is 1.91. The predicted molar refractivity (Wildman–Crippen MR) is 109 cm³/mol. The predicted octanol–water partition coefficient (Wildman–Crippen LogP) is 4.46. The molecule has 0 heterocycles. The fourth-order valence-corrected chi connectivity index (χ4v) is 4.26. The molecule has 0 fully saturated rings. The monoisotopic (exact) mass is 388 g/mol. The fraction of sp³-hybridized carbons (Fsp3) is 0.381. The molecular formula is C21H25ClN2O3. The summed E-state index contributed by atoms with van der Waals surface area (Å²) in [6, 6.07) is 8.02. The number of aliphatic carboxylic acids is 1. The van der Waals surface area contributed by atoms with Crippen LogP contribution in [0.25, 0.3) is 0 Å². The molecule has 0 radical (unpaired) electrons. The number of fused-ring (bicyclic) bond motifs is 1. The van der Waals surface area contributed by atoms with Crippen molar-refractivity contribution < 1.29 is 14.6 Å². The second-order valence-electron chi connectivity index (χ2n) is 6.95. The Balaban J connectivity index is 2.16. The van der Waals surface area contributed by atoms with Crippen LogP contribution < -0.4 is 15.8 Å². The first-order valence-corrected chi connectivity index (χ1v) is 9.44. The third-order valence-electron chi connectivity index (χ3n) is 5.44. The molecule has 144 valence electrons. The van der Waals surface area contributed by atoms with Crippen molar-refractivity contribution in [3.8, 4) is 5.75 Å². The van der Waals surface area contributed by atoms with Crippen molar-refractivity contribution in [2.75, 3.05) is 25.2 Å². The van der Waals surface area contributed by atoms with Crippen LogP contribution in [0.3, 0.4) is 0 Å². The van der Waals surface area contributed by atoms with Crippen LogP contribution in [0.4, 0.5) is 11.4 Å². The summed E-state index contributed by atoms with van der Waals surface area (Å²) in [5.74, 6) is -0.598. The molecule has 0 bridgehead atoms. The number of methoxy groups -OCH3 is 1. The number of nitrogen functional groups attached to an aromatic ring is 1. The Kier molecular flexibility index (Phi) is 5.51. The Bertz CT molecular complexity index is 882. The second kappa shape index (κ2) is 7.69. The molecule has 0 spiro atoms. The number of benzene rings is 2. The molecule has 1 aliphatic rings. The largest absolute Gasteiger partial charge is 0.494 e. The summed E-state index contributed by atoms with van der Waals surface area (Å²) in [7, 11) is 3.36. The summed E-state index contributed by atoms with van der Waals surface area (Å²) in [5, 5.41) is 12.6. The zero-order valence-electron chi connectivity index (χ0n) is 15.8. The topological polar surface area (TPSA) is 84.6 Å². The summed E-state index contributed by atoms with van der Waals surface area (Å²) in [4.78, 5) is 11.6. The zero-order chi connectivity index (χ0) is 19.7. The van der Waals surface area contributed by atoms with Gasteiger partial charge in [0.15, 0.2) is 0 Å². The van der Waals surface area contributed by atoms with Crippen molar-refractivity contribution in [2.24, 2.45) is 0 Å². The molecule has 6 heteroatoms. The molecule has 0 saturated carbocycles. The highest BCUT2D eigenvalue weighted by atomic mass is 35.5. The first kappa shape index (κ1) is 19.4. The summed E-state index contributed by atoms with van der Waals surface area (Å²) in [6.07, 6.45) is 1.85. The molecule has 0 saturated heterocycles. The number of anilines is 2. The van der Waals surface area contributed by atoms with Crippen molar-refractivity contribution in [2.45, 2.75) is 37.5 Å². The molecule has 2 unspecified atom stereocenters. The lowest BCUT2D eigenvalue weighted by Crippen LogP contribution is -2.12. The maximum absolute atomic E-state index is 11.6. The number of carboxylic acid groups (broad SMARTS) is 1. The van der Waals surface area contributed by atoms with Gasteiger partial charge in [-0.3, -0.25) is 4.79 Å². The SMILES string of the molecule is CNc1c(OC)cc(C(CC(=O)O)c2ccc3c(c2)C(Cl)CC3)c(C)c1N. The minimum absolute atomic E-state index is 0.0159. The molecule has 4 N–H and O–H groups in total. The van der Waals surface area contributed by atoms with Gasteiger partial charge in [0.25, 0.3) is 0 Å². The van der Waals surface area contributed by atoms with Gasteiger partial charge in [-0.15, -0.1) is 11.6 Å². The van der Waals surface area contributed by atoms with Crippen molar-refractivity contribution in [1.82, 2.24) is 0 Å². The third kappa shape index (κ3) is 3.56. The number of rotatable bonds is 6. The fourth-order valence-electron chi connectivity index (χ4n) is 3.95. The van der Waals surface area contributed by atoms with Crippen LogP contribution in [-0.2, 0) is 11.2 Å². The van der Waals surface area contributed by atoms with Gasteiger partial charge < -0.3 is 20.9 Å². The molecule has 1 aliphatic carbocycles. The standard InChI is InChI=1S/C21H25ClN2O3/c1-11-14(9-18(27-3)21(24-2)20(11)23)15(10-19(25)26)13-5-4-12-6-7-17(22)16(12)8-13/h4-5,8-9,15,17,24H,6-7,10,23H2,1-3H3,(H,25,26). The van der Waals surface area contributed by atoms with E-state index in [-0.39, 0.29) is 17.7 Å². The quantitative estimate of drug-likeness (QED) is 0.502. The first-order chi connectivity index (χ1) is 12.9. The second-order valence-corrected chi connectivity index (χ2v) is 7.47. The molecule has 0 aromatic heterocycles. The van der Waals surface area contributed by atoms with Crippen LogP contribution in [0, 0.1) is 6.92 Å². The smallest absolute Gasteiger partial charge is 0.304 e. The van der Waals surface area contributed by atoms with E-state index in [0.717, 1.165) is 35.1 Å². The Hall–Kier alpha value is -2.40. The van der Waals surface area contributed by atoms with Gasteiger partial charge in [0.05, 0.1) is 24.6 Å². The minimum atomic E-state index is -0.863. The van der Waals surface area contributed by atoms with Gasteiger partial charge in [-0.25, -0.2) is 0 Å². The van der Waals surface area contributed by atoms with E-state index < -0.39 is 5.97 Å². The lowest BCUT2D eigenvalue weighted by Gasteiger charge is -2.23. The lowest BCUT2D eigenvalue weighted by atomic mass is 9.84. The lowest BCUT2D eigenvalue weighted by molar-refractivity contribution is -0.137. The molecular weight excluding hydrogens is 364 g/mol. The van der Waals surface area contributed by atoms with Crippen LogP contribution in [0.15, 0.2) is 24.3 Å². The molecule has 5 nitrogen and oxygen atoms in total. The Morgan fingerprint density at radius 3 is 2.81 bits per heavy atom. The van der Waals surface area contributed by atoms with Gasteiger partial charge in [0.1, 0.15) is 11.4 Å². The van der Waals surface area contributed by atoms with Crippen molar-refractivity contribution in [3.05, 3.63) is 52.1 Å². The molecule has 3 rings (SSSR count). The highest BCUT2D eigenvalue weighted by Crippen LogP contribution is 2.43. The molecule has 2 aromatic carbocycles. The Morgan fingerprint density at radius 2 is 2.19 bits per heavy atom. The average molecular weight is 389 g/mol. The number of halogens is 1. The number of nitrogens with two attached hydrogens (primary N) is 1. The van der Waals surface area contributed by atoms with Gasteiger partial charge in [0.2, 0.25) is 0 Å². The number of alkyl halides is 1. The first-order valence-electron chi connectivity index (χ1n) is 9.00. The van der Waals surface area contributed by atoms with E-state index in [4.69, 9.17) is 22.1 Å². The van der Waals surface area contributed by atoms with Gasteiger partial charge >= 0.3 is 5.97 Å². The number of aryl methyl sites for hydroxylation is 1. The molecule has 0 amide bonds. The van der Waals surface area contributed by atoms with E-state index in [1.807, 2.05) is 19.1 Å². The maximum atomic E-state index is 11.6. The molecule has 2 atom stereocenters. The average Bonchev–Trinajstić information content (AvgIpc) is 3.02.